The second kappa shape index (κ2) is 19.8. The van der Waals surface area contributed by atoms with E-state index in [1.807, 2.05) is 13.8 Å². The molecule has 0 radical (unpaired) electrons. The van der Waals surface area contributed by atoms with Gasteiger partial charge < -0.3 is 29.6 Å². The highest BCUT2D eigenvalue weighted by molar-refractivity contribution is 6.17. The minimum Gasteiger partial charge on any atom is -0.481 e. The van der Waals surface area contributed by atoms with Crippen molar-refractivity contribution in [1.29, 1.82) is 0 Å². The summed E-state index contributed by atoms with van der Waals surface area (Å²) in [7, 11) is 0. The van der Waals surface area contributed by atoms with Gasteiger partial charge in [-0.15, -0.1) is 0 Å². The standard InChI is InChI=1S/C9H15ClO3.C8H14O3.2C4H10O/c1-3-9(4-2,5-6-11)8(12)13-7-10;1-3-8(4-2,5-6-9)7(10)11;2*1-4(2,3)5/h6H,3-5,7H2,1-2H3;6H,3-5H2,1-2H3,(H,10,11);2*5H,1-3H3. The largest absolute Gasteiger partial charge is 0.481 e. The second-order valence-electron chi connectivity index (χ2n) is 9.90. The molecule has 34 heavy (non-hydrogen) atoms. The predicted octanol–water partition coefficient (Wildman–Crippen LogP) is 5.14. The van der Waals surface area contributed by atoms with Crippen LogP contribution in [-0.4, -0.2) is 57.1 Å². The fraction of sp³-hybridized carbons (Fsp3) is 0.840. The van der Waals surface area contributed by atoms with Crippen LogP contribution in [0.4, 0.5) is 0 Å². The lowest BCUT2D eigenvalue weighted by Gasteiger charge is -2.26. The van der Waals surface area contributed by atoms with Gasteiger partial charge in [0.05, 0.1) is 22.0 Å². The van der Waals surface area contributed by atoms with Crippen molar-refractivity contribution >= 4 is 36.1 Å². The lowest BCUT2D eigenvalue weighted by molar-refractivity contribution is -0.155. The molecule has 0 aromatic rings. The maximum atomic E-state index is 11.5. The first-order valence-corrected chi connectivity index (χ1v) is 12.1. The number of halogens is 1. The summed E-state index contributed by atoms with van der Waals surface area (Å²) in [5.41, 5.74) is -2.49. The molecule has 8 nitrogen and oxygen atoms in total. The maximum Gasteiger partial charge on any atom is 0.313 e. The molecule has 9 heteroatoms. The molecule has 0 aromatic carbocycles. The van der Waals surface area contributed by atoms with E-state index in [1.54, 1.807) is 55.4 Å². The number of hydrogen-bond acceptors (Lipinski definition) is 7. The Bertz CT molecular complexity index is 530. The number of carboxylic acid groups (broad SMARTS) is 1. The topological polar surface area (TPSA) is 138 Å². The molecule has 0 unspecified atom stereocenters. The average Bonchev–Trinajstić information content (AvgIpc) is 2.68. The van der Waals surface area contributed by atoms with Gasteiger partial charge in [-0.3, -0.25) is 9.59 Å². The first-order chi connectivity index (χ1) is 15.3. The molecule has 0 aliphatic carbocycles. The zero-order valence-electron chi connectivity index (χ0n) is 22.9. The van der Waals surface area contributed by atoms with E-state index in [0.717, 1.165) is 6.29 Å². The molecule has 0 spiro atoms. The molecule has 0 rings (SSSR count). The molecule has 0 heterocycles. The zero-order valence-corrected chi connectivity index (χ0v) is 23.6. The highest BCUT2D eigenvalue weighted by Crippen LogP contribution is 2.31. The van der Waals surface area contributed by atoms with E-state index in [-0.39, 0.29) is 24.9 Å². The average molecular weight is 513 g/mol. The molecular weight excluding hydrogens is 464 g/mol. The molecule has 3 N–H and O–H groups in total. The minimum absolute atomic E-state index is 0.120. The third-order valence-electron chi connectivity index (χ3n) is 4.73. The van der Waals surface area contributed by atoms with Crippen molar-refractivity contribution in [1.82, 2.24) is 0 Å². The Balaban J connectivity index is -0.000000192. The highest BCUT2D eigenvalue weighted by atomic mass is 35.5. The lowest BCUT2D eigenvalue weighted by Crippen LogP contribution is -2.32. The summed E-state index contributed by atoms with van der Waals surface area (Å²) >= 11 is 5.29. The Morgan fingerprint density at radius 1 is 0.735 bits per heavy atom. The summed E-state index contributed by atoms with van der Waals surface area (Å²) in [6.07, 6.45) is 3.97. The summed E-state index contributed by atoms with van der Waals surface area (Å²) in [5.74, 6) is -1.24. The molecule has 0 bridgehead atoms. The smallest absolute Gasteiger partial charge is 0.313 e. The van der Waals surface area contributed by atoms with Crippen LogP contribution < -0.4 is 0 Å². The monoisotopic (exact) mass is 512 g/mol. The van der Waals surface area contributed by atoms with Gasteiger partial charge in [-0.25, -0.2) is 0 Å². The number of alkyl halides is 1. The molecule has 0 atom stereocenters. The third kappa shape index (κ3) is 23.6. The Labute approximate surface area is 211 Å². The van der Waals surface area contributed by atoms with Crippen LogP contribution in [0.5, 0.6) is 0 Å². The molecule has 0 fully saturated rings. The Morgan fingerprint density at radius 3 is 1.15 bits per heavy atom. The van der Waals surface area contributed by atoms with E-state index >= 15 is 0 Å². The molecule has 0 aromatic heterocycles. The van der Waals surface area contributed by atoms with Crippen molar-refractivity contribution in [3.05, 3.63) is 0 Å². The van der Waals surface area contributed by atoms with Crippen molar-refractivity contribution in [3.8, 4) is 0 Å². The third-order valence-corrected chi connectivity index (χ3v) is 4.84. The summed E-state index contributed by atoms with van der Waals surface area (Å²) in [4.78, 5) is 42.8. The van der Waals surface area contributed by atoms with Crippen molar-refractivity contribution < 1.29 is 39.2 Å². The molecular formula is C25H49ClO8. The Morgan fingerprint density at radius 2 is 1.00 bits per heavy atom. The highest BCUT2D eigenvalue weighted by Gasteiger charge is 2.36. The number of aldehydes is 2. The van der Waals surface area contributed by atoms with E-state index in [0.29, 0.717) is 32.0 Å². The van der Waals surface area contributed by atoms with Crippen molar-refractivity contribution in [3.63, 3.8) is 0 Å². The number of aliphatic hydroxyl groups is 2. The number of ether oxygens (including phenoxy) is 1. The van der Waals surface area contributed by atoms with Crippen LogP contribution in [0.15, 0.2) is 0 Å². The Hall–Kier alpha value is -1.51. The van der Waals surface area contributed by atoms with Crippen LogP contribution in [0.25, 0.3) is 0 Å². The SMILES string of the molecule is CC(C)(C)O.CC(C)(C)O.CCC(CC)(CC=O)C(=O)O.CCC(CC)(CC=O)C(=O)OCCl. The molecule has 0 amide bonds. The molecule has 204 valence electrons. The molecule has 0 saturated heterocycles. The van der Waals surface area contributed by atoms with Crippen LogP contribution in [-0.2, 0) is 23.9 Å². The molecule has 0 aliphatic heterocycles. The fourth-order valence-corrected chi connectivity index (χ4v) is 2.46. The number of carbonyl (C=O) groups excluding carboxylic acids is 3. The number of rotatable bonds is 11. The lowest BCUT2D eigenvalue weighted by atomic mass is 9.80. The number of carboxylic acids is 1. The first kappa shape index (κ1) is 39.7. The number of carbonyl (C=O) groups is 4. The summed E-state index contributed by atoms with van der Waals surface area (Å²) in [5, 5.41) is 25.8. The van der Waals surface area contributed by atoms with Crippen LogP contribution in [0.1, 0.15) is 108 Å². The molecule has 0 aliphatic rings. The second-order valence-corrected chi connectivity index (χ2v) is 10.1. The van der Waals surface area contributed by atoms with E-state index in [1.165, 1.54) is 0 Å². The maximum absolute atomic E-state index is 11.5. The summed E-state index contributed by atoms with van der Waals surface area (Å²) in [6, 6.07) is -0.153. The van der Waals surface area contributed by atoms with Gasteiger partial charge in [-0.1, -0.05) is 39.3 Å². The van der Waals surface area contributed by atoms with Gasteiger partial charge in [0, 0.05) is 12.8 Å². The van der Waals surface area contributed by atoms with E-state index in [4.69, 9.17) is 31.7 Å². The van der Waals surface area contributed by atoms with Gasteiger partial charge in [-0.05, 0) is 67.2 Å². The minimum atomic E-state index is -0.866. The number of hydrogen-bond donors (Lipinski definition) is 3. The van der Waals surface area contributed by atoms with Crippen LogP contribution in [0.3, 0.4) is 0 Å². The zero-order chi connectivity index (χ0) is 28.2. The van der Waals surface area contributed by atoms with Gasteiger partial charge in [-0.2, -0.15) is 0 Å². The van der Waals surface area contributed by atoms with Gasteiger partial charge >= 0.3 is 11.9 Å². The van der Waals surface area contributed by atoms with Gasteiger partial charge in [0.1, 0.15) is 12.6 Å². The van der Waals surface area contributed by atoms with Gasteiger partial charge in [0.25, 0.3) is 0 Å². The summed E-state index contributed by atoms with van der Waals surface area (Å²) < 4.78 is 4.71. The van der Waals surface area contributed by atoms with Crippen molar-refractivity contribution in [2.45, 2.75) is 119 Å². The normalized spacial score (nSPS) is 11.3. The van der Waals surface area contributed by atoms with E-state index in [2.05, 4.69) is 0 Å². The van der Waals surface area contributed by atoms with Gasteiger partial charge in [0.15, 0.2) is 6.07 Å². The predicted molar refractivity (Wildman–Crippen MR) is 136 cm³/mol. The van der Waals surface area contributed by atoms with Crippen LogP contribution in [0, 0.1) is 10.8 Å². The van der Waals surface area contributed by atoms with Gasteiger partial charge in [0.2, 0.25) is 0 Å². The van der Waals surface area contributed by atoms with Crippen molar-refractivity contribution in [2.75, 3.05) is 6.07 Å². The fourth-order valence-electron chi connectivity index (χ4n) is 2.36. The van der Waals surface area contributed by atoms with E-state index < -0.39 is 28.0 Å². The van der Waals surface area contributed by atoms with E-state index in [9.17, 15) is 19.2 Å². The van der Waals surface area contributed by atoms with Crippen LogP contribution in [0.2, 0.25) is 0 Å². The van der Waals surface area contributed by atoms with Crippen molar-refractivity contribution in [2.24, 2.45) is 10.8 Å². The Kier molecular flexibility index (Phi) is 23.1. The first-order valence-electron chi connectivity index (χ1n) is 11.6. The molecule has 0 saturated carbocycles. The quantitative estimate of drug-likeness (QED) is 0.196. The summed E-state index contributed by atoms with van der Waals surface area (Å²) in [6.45, 7) is 17.8. The number of aliphatic carboxylic acids is 1. The number of esters is 1. The van der Waals surface area contributed by atoms with Crippen LogP contribution >= 0.6 is 11.6 Å².